The number of halogens is 4. The van der Waals surface area contributed by atoms with Crippen molar-refractivity contribution in [1.82, 2.24) is 15.1 Å². The Bertz CT molecular complexity index is 1050. The SMILES string of the molecule is CNC(=O)N1CC(C(=O)N2CCc3c(cccc3Nc3ccc(C(F)(F)F)cc3F)C2)C1. The van der Waals surface area contributed by atoms with Gasteiger partial charge in [-0.25, -0.2) is 9.18 Å². The number of urea groups is 1. The maximum Gasteiger partial charge on any atom is 0.416 e. The van der Waals surface area contributed by atoms with Crippen LogP contribution in [-0.4, -0.2) is 48.4 Å². The van der Waals surface area contributed by atoms with Crippen LogP contribution in [0.5, 0.6) is 0 Å². The molecule has 0 unspecified atom stereocenters. The van der Waals surface area contributed by atoms with Crippen molar-refractivity contribution in [3.63, 3.8) is 0 Å². The molecule has 0 saturated carbocycles. The summed E-state index contributed by atoms with van der Waals surface area (Å²) in [5.74, 6) is -1.23. The van der Waals surface area contributed by atoms with E-state index in [1.165, 1.54) is 0 Å². The van der Waals surface area contributed by atoms with Gasteiger partial charge in [-0.15, -0.1) is 0 Å². The number of rotatable bonds is 3. The molecule has 2 aromatic rings. The first kappa shape index (κ1) is 21.9. The third kappa shape index (κ3) is 4.21. The number of alkyl halides is 3. The smallest absolute Gasteiger partial charge is 0.353 e. The molecule has 1 fully saturated rings. The fourth-order valence-corrected chi connectivity index (χ4v) is 4.07. The van der Waals surface area contributed by atoms with Crippen LogP contribution in [0.1, 0.15) is 16.7 Å². The standard InChI is InChI=1S/C22H22F4N4O2/c1-27-21(32)30-11-14(12-30)20(31)29-8-7-16-13(10-29)3-2-4-18(16)28-19-6-5-15(9-17(19)23)22(24,25)26/h2-6,9,14,28H,7-8,10-12H2,1H3,(H,27,32). The van der Waals surface area contributed by atoms with Crippen molar-refractivity contribution in [3.05, 3.63) is 58.9 Å². The second-order valence-corrected chi connectivity index (χ2v) is 7.93. The Morgan fingerprint density at radius 2 is 1.81 bits per heavy atom. The van der Waals surface area contributed by atoms with Crippen molar-refractivity contribution in [2.45, 2.75) is 19.1 Å². The summed E-state index contributed by atoms with van der Waals surface area (Å²) in [4.78, 5) is 27.7. The molecular formula is C22H22F4N4O2. The van der Waals surface area contributed by atoms with Crippen LogP contribution in [0.15, 0.2) is 36.4 Å². The maximum absolute atomic E-state index is 14.3. The number of nitrogens with zero attached hydrogens (tertiary/aromatic N) is 2. The second kappa shape index (κ2) is 8.33. The summed E-state index contributed by atoms with van der Waals surface area (Å²) in [5.41, 5.74) is 1.30. The van der Waals surface area contributed by atoms with E-state index in [1.54, 1.807) is 29.0 Å². The van der Waals surface area contributed by atoms with Crippen LogP contribution in [0, 0.1) is 11.7 Å². The summed E-state index contributed by atoms with van der Waals surface area (Å²) in [6.07, 6.45) is -4.09. The maximum atomic E-state index is 14.3. The van der Waals surface area contributed by atoms with Crippen molar-refractivity contribution in [3.8, 4) is 0 Å². The van der Waals surface area contributed by atoms with Crippen molar-refractivity contribution >= 4 is 23.3 Å². The van der Waals surface area contributed by atoms with Gasteiger partial charge < -0.3 is 20.4 Å². The zero-order valence-corrected chi connectivity index (χ0v) is 17.3. The lowest BCUT2D eigenvalue weighted by Crippen LogP contribution is -2.58. The molecule has 2 heterocycles. The highest BCUT2D eigenvalue weighted by Crippen LogP contribution is 2.34. The Balaban J connectivity index is 1.45. The van der Waals surface area contributed by atoms with E-state index in [9.17, 15) is 27.2 Å². The molecule has 0 aromatic heterocycles. The zero-order valence-electron chi connectivity index (χ0n) is 17.3. The van der Waals surface area contributed by atoms with Gasteiger partial charge in [0.25, 0.3) is 0 Å². The summed E-state index contributed by atoms with van der Waals surface area (Å²) < 4.78 is 52.6. The first-order valence-corrected chi connectivity index (χ1v) is 10.2. The Hall–Kier alpha value is -3.30. The number of likely N-dealkylation sites (tertiary alicyclic amines) is 1. The number of carbonyl (C=O) groups is 2. The van der Waals surface area contributed by atoms with Gasteiger partial charge >= 0.3 is 12.2 Å². The van der Waals surface area contributed by atoms with Gasteiger partial charge in [0, 0.05) is 38.9 Å². The Labute approximate surface area is 182 Å². The highest BCUT2D eigenvalue weighted by molar-refractivity contribution is 5.84. The predicted molar refractivity (Wildman–Crippen MR) is 110 cm³/mol. The molecule has 2 aliphatic rings. The third-order valence-corrected chi connectivity index (χ3v) is 5.88. The van der Waals surface area contributed by atoms with Crippen molar-refractivity contribution in [2.24, 2.45) is 5.92 Å². The Morgan fingerprint density at radius 3 is 2.47 bits per heavy atom. The summed E-state index contributed by atoms with van der Waals surface area (Å²) in [6.45, 7) is 1.62. The molecule has 3 amide bonds. The fourth-order valence-electron chi connectivity index (χ4n) is 4.07. The molecule has 170 valence electrons. The summed E-state index contributed by atoms with van der Waals surface area (Å²) >= 11 is 0. The molecule has 6 nitrogen and oxygen atoms in total. The van der Waals surface area contributed by atoms with Crippen molar-refractivity contribution in [2.75, 3.05) is 32.0 Å². The second-order valence-electron chi connectivity index (χ2n) is 7.93. The van der Waals surface area contributed by atoms with Gasteiger partial charge in [-0.1, -0.05) is 12.1 Å². The predicted octanol–water partition coefficient (Wildman–Crippen LogP) is 3.74. The molecule has 0 aliphatic carbocycles. The molecule has 0 radical (unpaired) electrons. The van der Waals surface area contributed by atoms with E-state index >= 15 is 0 Å². The lowest BCUT2D eigenvalue weighted by atomic mass is 9.94. The van der Waals surface area contributed by atoms with E-state index in [2.05, 4.69) is 10.6 Å². The molecule has 1 saturated heterocycles. The van der Waals surface area contributed by atoms with Crippen LogP contribution in [0.25, 0.3) is 0 Å². The average Bonchev–Trinajstić information content (AvgIpc) is 2.72. The average molecular weight is 450 g/mol. The van der Waals surface area contributed by atoms with E-state index in [0.717, 1.165) is 23.3 Å². The number of hydrogen-bond acceptors (Lipinski definition) is 3. The molecule has 32 heavy (non-hydrogen) atoms. The Kier molecular flexibility index (Phi) is 5.70. The van der Waals surface area contributed by atoms with Crippen molar-refractivity contribution in [1.29, 1.82) is 0 Å². The van der Waals surface area contributed by atoms with E-state index in [4.69, 9.17) is 0 Å². The first-order valence-electron chi connectivity index (χ1n) is 10.2. The number of nitrogens with one attached hydrogen (secondary N) is 2. The molecule has 10 heteroatoms. The summed E-state index contributed by atoms with van der Waals surface area (Å²) in [7, 11) is 1.54. The van der Waals surface area contributed by atoms with Gasteiger partial charge in [-0.05, 0) is 41.8 Å². The lowest BCUT2D eigenvalue weighted by Gasteiger charge is -2.41. The zero-order chi connectivity index (χ0) is 23.0. The van der Waals surface area contributed by atoms with Gasteiger partial charge in [0.05, 0.1) is 17.2 Å². The normalized spacial score (nSPS) is 16.3. The minimum absolute atomic E-state index is 0.0112. The minimum atomic E-state index is -4.61. The van der Waals surface area contributed by atoms with Gasteiger partial charge in [-0.2, -0.15) is 13.2 Å². The number of amides is 3. The largest absolute Gasteiger partial charge is 0.416 e. The van der Waals surface area contributed by atoms with Crippen LogP contribution in [0.2, 0.25) is 0 Å². The van der Waals surface area contributed by atoms with E-state index < -0.39 is 17.6 Å². The topological polar surface area (TPSA) is 64.7 Å². The van der Waals surface area contributed by atoms with Crippen LogP contribution >= 0.6 is 0 Å². The minimum Gasteiger partial charge on any atom is -0.353 e. The van der Waals surface area contributed by atoms with Crippen LogP contribution < -0.4 is 10.6 Å². The fraction of sp³-hybridized carbons (Fsp3) is 0.364. The van der Waals surface area contributed by atoms with Gasteiger partial charge in [0.1, 0.15) is 5.82 Å². The monoisotopic (exact) mass is 450 g/mol. The van der Waals surface area contributed by atoms with E-state index in [-0.39, 0.29) is 23.5 Å². The number of anilines is 2. The molecule has 2 N–H and O–H groups in total. The third-order valence-electron chi connectivity index (χ3n) is 5.88. The lowest BCUT2D eigenvalue weighted by molar-refractivity contribution is -0.140. The quantitative estimate of drug-likeness (QED) is 0.701. The summed E-state index contributed by atoms with van der Waals surface area (Å²) in [6, 6.07) is 7.55. The molecule has 4 rings (SSSR count). The molecule has 2 aliphatic heterocycles. The van der Waals surface area contributed by atoms with Crippen LogP contribution in [-0.2, 0) is 23.9 Å². The number of fused-ring (bicyclic) bond motifs is 1. The number of carbonyl (C=O) groups excluding carboxylic acids is 2. The van der Waals surface area contributed by atoms with Gasteiger partial charge in [0.15, 0.2) is 0 Å². The number of benzene rings is 2. The molecule has 0 atom stereocenters. The van der Waals surface area contributed by atoms with E-state index in [0.29, 0.717) is 44.4 Å². The van der Waals surface area contributed by atoms with Crippen LogP contribution in [0.3, 0.4) is 0 Å². The van der Waals surface area contributed by atoms with Gasteiger partial charge in [0.2, 0.25) is 5.91 Å². The summed E-state index contributed by atoms with van der Waals surface area (Å²) in [5, 5.41) is 5.43. The first-order chi connectivity index (χ1) is 15.2. The Morgan fingerprint density at radius 1 is 1.06 bits per heavy atom. The molecule has 0 spiro atoms. The highest BCUT2D eigenvalue weighted by atomic mass is 19.4. The molecule has 0 bridgehead atoms. The number of hydrogen-bond donors (Lipinski definition) is 2. The van der Waals surface area contributed by atoms with Crippen molar-refractivity contribution < 1.29 is 27.2 Å². The van der Waals surface area contributed by atoms with Crippen LogP contribution in [0.4, 0.5) is 33.7 Å². The highest BCUT2D eigenvalue weighted by Gasteiger charge is 2.38. The molecular weight excluding hydrogens is 428 g/mol. The molecule has 2 aromatic carbocycles. The van der Waals surface area contributed by atoms with Gasteiger partial charge in [-0.3, -0.25) is 4.79 Å². The van der Waals surface area contributed by atoms with E-state index in [1.807, 2.05) is 6.07 Å².